The molecule has 182 valence electrons. The number of halogens is 2. The van der Waals surface area contributed by atoms with Crippen LogP contribution in [0.2, 0.25) is 0 Å². The SMILES string of the molecule is C=C/C=C\c1cc(-c2ccc(OC(=O)C(=C)C)cc2F)ccc1-c1ccc(OC(=O)C(=C)C)cc1F. The molecule has 3 rings (SSSR count). The van der Waals surface area contributed by atoms with Gasteiger partial charge in [-0.2, -0.15) is 0 Å². The zero-order chi connectivity index (χ0) is 26.4. The van der Waals surface area contributed by atoms with Crippen molar-refractivity contribution in [1.29, 1.82) is 0 Å². The van der Waals surface area contributed by atoms with Crippen LogP contribution in [-0.2, 0) is 9.59 Å². The van der Waals surface area contributed by atoms with E-state index in [1.54, 1.807) is 36.4 Å². The molecule has 3 aromatic carbocycles. The van der Waals surface area contributed by atoms with Crippen LogP contribution in [0, 0.1) is 11.6 Å². The molecule has 36 heavy (non-hydrogen) atoms. The maximum absolute atomic E-state index is 15.0. The normalized spacial score (nSPS) is 10.7. The molecule has 0 atom stereocenters. The Bertz CT molecular complexity index is 1420. The summed E-state index contributed by atoms with van der Waals surface area (Å²) >= 11 is 0. The van der Waals surface area contributed by atoms with Crippen LogP contribution in [0.3, 0.4) is 0 Å². The van der Waals surface area contributed by atoms with Gasteiger partial charge in [-0.15, -0.1) is 0 Å². The summed E-state index contributed by atoms with van der Waals surface area (Å²) in [7, 11) is 0. The van der Waals surface area contributed by atoms with Gasteiger partial charge in [0.1, 0.15) is 23.1 Å². The molecular weight excluding hydrogens is 462 g/mol. The Morgan fingerprint density at radius 3 is 1.72 bits per heavy atom. The number of esters is 2. The average Bonchev–Trinajstić information content (AvgIpc) is 2.83. The molecule has 0 aliphatic carbocycles. The van der Waals surface area contributed by atoms with Gasteiger partial charge in [0.25, 0.3) is 0 Å². The van der Waals surface area contributed by atoms with Gasteiger partial charge in [0.2, 0.25) is 0 Å². The number of carbonyl (C=O) groups excluding carboxylic acids is 2. The van der Waals surface area contributed by atoms with Crippen LogP contribution >= 0.6 is 0 Å². The second kappa shape index (κ2) is 11.2. The first-order chi connectivity index (χ1) is 17.1. The van der Waals surface area contributed by atoms with Crippen LogP contribution in [0.4, 0.5) is 8.78 Å². The molecule has 0 heterocycles. The van der Waals surface area contributed by atoms with Crippen molar-refractivity contribution in [3.8, 4) is 33.8 Å². The monoisotopic (exact) mass is 486 g/mol. The summed E-state index contributed by atoms with van der Waals surface area (Å²) in [5.74, 6) is -2.38. The van der Waals surface area contributed by atoms with E-state index in [1.807, 2.05) is 0 Å². The van der Waals surface area contributed by atoms with Crippen molar-refractivity contribution < 1.29 is 27.8 Å². The molecule has 4 nitrogen and oxygen atoms in total. The number of ether oxygens (including phenoxy) is 2. The van der Waals surface area contributed by atoms with E-state index in [1.165, 1.54) is 38.1 Å². The quantitative estimate of drug-likeness (QED) is 0.144. The summed E-state index contributed by atoms with van der Waals surface area (Å²) in [6.45, 7) is 13.7. The molecule has 0 radical (unpaired) electrons. The lowest BCUT2D eigenvalue weighted by molar-refractivity contribution is -0.130. The zero-order valence-corrected chi connectivity index (χ0v) is 19.9. The standard InChI is InChI=1S/C30H24F2O4/c1-6-7-8-20-15-21(25-13-10-22(16-27(25)31)35-29(33)18(2)3)9-12-24(20)26-14-11-23(17-28(26)32)36-30(34)19(4)5/h6-17H,1-2,4H2,3,5H3/b8-7-. The van der Waals surface area contributed by atoms with E-state index < -0.39 is 23.6 Å². The fourth-order valence-electron chi connectivity index (χ4n) is 3.24. The van der Waals surface area contributed by atoms with Crippen LogP contribution in [0.15, 0.2) is 97.6 Å². The lowest BCUT2D eigenvalue weighted by Gasteiger charge is -2.13. The van der Waals surface area contributed by atoms with Crippen LogP contribution in [0.25, 0.3) is 28.3 Å². The summed E-state index contributed by atoms with van der Waals surface area (Å²) in [6.07, 6.45) is 4.97. The van der Waals surface area contributed by atoms with Gasteiger partial charge >= 0.3 is 11.9 Å². The Balaban J connectivity index is 2.00. The third-order valence-corrected chi connectivity index (χ3v) is 5.06. The topological polar surface area (TPSA) is 52.6 Å². The van der Waals surface area contributed by atoms with E-state index in [0.717, 1.165) is 12.1 Å². The van der Waals surface area contributed by atoms with E-state index in [0.29, 0.717) is 16.7 Å². The second-order valence-corrected chi connectivity index (χ2v) is 8.02. The Labute approximate surface area is 208 Å². The van der Waals surface area contributed by atoms with Crippen molar-refractivity contribution in [2.75, 3.05) is 0 Å². The van der Waals surface area contributed by atoms with E-state index >= 15 is 4.39 Å². The van der Waals surface area contributed by atoms with Gasteiger partial charge in [-0.3, -0.25) is 0 Å². The maximum atomic E-state index is 15.0. The van der Waals surface area contributed by atoms with Gasteiger partial charge in [-0.25, -0.2) is 18.4 Å². The molecule has 6 heteroatoms. The number of benzene rings is 3. The van der Waals surface area contributed by atoms with E-state index in [4.69, 9.17) is 9.47 Å². The predicted octanol–water partition coefficient (Wildman–Crippen LogP) is 7.46. The van der Waals surface area contributed by atoms with Gasteiger partial charge in [-0.05, 0) is 60.9 Å². The van der Waals surface area contributed by atoms with Gasteiger partial charge in [-0.1, -0.05) is 50.1 Å². The minimum absolute atomic E-state index is 0.0542. The van der Waals surface area contributed by atoms with Crippen molar-refractivity contribution in [3.05, 3.63) is 115 Å². The molecule has 0 fully saturated rings. The first kappa shape index (κ1) is 26.0. The fraction of sp³-hybridized carbons (Fsp3) is 0.0667. The highest BCUT2D eigenvalue weighted by Gasteiger charge is 2.15. The van der Waals surface area contributed by atoms with Gasteiger partial charge in [0, 0.05) is 34.4 Å². The van der Waals surface area contributed by atoms with E-state index in [2.05, 4.69) is 19.7 Å². The van der Waals surface area contributed by atoms with Gasteiger partial charge < -0.3 is 9.47 Å². The number of rotatable bonds is 8. The molecule has 3 aromatic rings. The number of hydrogen-bond acceptors (Lipinski definition) is 4. The molecular formula is C30H24F2O4. The molecule has 0 aliphatic heterocycles. The van der Waals surface area contributed by atoms with Crippen LogP contribution in [-0.4, -0.2) is 11.9 Å². The highest BCUT2D eigenvalue weighted by Crippen LogP contribution is 2.34. The maximum Gasteiger partial charge on any atom is 0.338 e. The largest absolute Gasteiger partial charge is 0.423 e. The first-order valence-electron chi connectivity index (χ1n) is 10.9. The fourth-order valence-corrected chi connectivity index (χ4v) is 3.24. The van der Waals surface area contributed by atoms with Crippen LogP contribution in [0.5, 0.6) is 11.5 Å². The van der Waals surface area contributed by atoms with Crippen LogP contribution in [0.1, 0.15) is 19.4 Å². The van der Waals surface area contributed by atoms with Crippen molar-refractivity contribution in [2.24, 2.45) is 0 Å². The minimum Gasteiger partial charge on any atom is -0.423 e. The van der Waals surface area contributed by atoms with Crippen molar-refractivity contribution in [2.45, 2.75) is 13.8 Å². The third-order valence-electron chi connectivity index (χ3n) is 5.06. The molecule has 0 aliphatic rings. The van der Waals surface area contributed by atoms with Gasteiger partial charge in [0.15, 0.2) is 0 Å². The molecule has 0 unspecified atom stereocenters. The smallest absolute Gasteiger partial charge is 0.338 e. The molecule has 0 saturated heterocycles. The molecule has 0 aromatic heterocycles. The molecule has 0 N–H and O–H groups in total. The summed E-state index contributed by atoms with van der Waals surface area (Å²) < 4.78 is 40.1. The van der Waals surface area contributed by atoms with E-state index in [-0.39, 0.29) is 33.8 Å². The number of hydrogen-bond donors (Lipinski definition) is 0. The van der Waals surface area contributed by atoms with Crippen LogP contribution < -0.4 is 9.47 Å². The van der Waals surface area contributed by atoms with Crippen molar-refractivity contribution in [1.82, 2.24) is 0 Å². The van der Waals surface area contributed by atoms with Crippen molar-refractivity contribution >= 4 is 18.0 Å². The van der Waals surface area contributed by atoms with Gasteiger partial charge in [0.05, 0.1) is 0 Å². The minimum atomic E-state index is -0.649. The molecule has 0 bridgehead atoms. The van der Waals surface area contributed by atoms with E-state index in [9.17, 15) is 14.0 Å². The Kier molecular flexibility index (Phi) is 8.12. The lowest BCUT2D eigenvalue weighted by Crippen LogP contribution is -2.08. The Morgan fingerprint density at radius 1 is 0.750 bits per heavy atom. The summed E-state index contributed by atoms with van der Waals surface area (Å²) in [4.78, 5) is 23.4. The highest BCUT2D eigenvalue weighted by atomic mass is 19.1. The molecule has 0 amide bonds. The molecule has 0 saturated carbocycles. The van der Waals surface area contributed by atoms with Crippen molar-refractivity contribution in [3.63, 3.8) is 0 Å². The highest BCUT2D eigenvalue weighted by molar-refractivity contribution is 5.89. The second-order valence-electron chi connectivity index (χ2n) is 8.02. The Hall–Kier alpha value is -4.58. The summed E-state index contributed by atoms with van der Waals surface area (Å²) in [5, 5.41) is 0. The predicted molar refractivity (Wildman–Crippen MR) is 137 cm³/mol. The number of carbonyl (C=O) groups is 2. The zero-order valence-electron chi connectivity index (χ0n) is 19.9. The summed E-state index contributed by atoms with van der Waals surface area (Å²) in [6, 6.07) is 13.2. The molecule has 0 spiro atoms. The number of allylic oxidation sites excluding steroid dienone is 2. The Morgan fingerprint density at radius 2 is 1.25 bits per heavy atom. The average molecular weight is 487 g/mol. The summed E-state index contributed by atoms with van der Waals surface area (Å²) in [5.41, 5.74) is 2.61. The third kappa shape index (κ3) is 6.10. The first-order valence-corrected chi connectivity index (χ1v) is 10.9. The lowest BCUT2D eigenvalue weighted by atomic mass is 9.94.